The summed E-state index contributed by atoms with van der Waals surface area (Å²) in [6.07, 6.45) is 2.75. The summed E-state index contributed by atoms with van der Waals surface area (Å²) in [5.41, 5.74) is 1.17. The standard InChI is InChI=1S/C19H27NO3S2/c1-13(2)10-16-17(19(16,3)4)18(21)20(11-15-6-5-8-24-15)14-7-9-25(22,23)12-14/h5-6,8,10,14,16-17H,7,9,11-12H2,1-4H3/t14-,16+,17-/m1/s1. The highest BCUT2D eigenvalue weighted by atomic mass is 32.2. The zero-order valence-electron chi connectivity index (χ0n) is 15.4. The molecule has 1 aromatic rings. The number of thiophene rings is 1. The van der Waals surface area contributed by atoms with E-state index in [1.54, 1.807) is 11.3 Å². The molecule has 1 saturated heterocycles. The van der Waals surface area contributed by atoms with Crippen LogP contribution in [0.5, 0.6) is 0 Å². The fourth-order valence-electron chi connectivity index (χ4n) is 3.98. The van der Waals surface area contributed by atoms with Crippen LogP contribution >= 0.6 is 11.3 Å². The largest absolute Gasteiger partial charge is 0.333 e. The summed E-state index contributed by atoms with van der Waals surface area (Å²) < 4.78 is 23.9. The second kappa shape index (κ2) is 6.54. The van der Waals surface area contributed by atoms with E-state index in [4.69, 9.17) is 0 Å². The minimum absolute atomic E-state index is 0.0503. The molecule has 2 heterocycles. The number of allylic oxidation sites excluding steroid dienone is 2. The summed E-state index contributed by atoms with van der Waals surface area (Å²) in [6.45, 7) is 8.90. The average molecular weight is 382 g/mol. The second-order valence-electron chi connectivity index (χ2n) is 8.17. The highest BCUT2D eigenvalue weighted by Crippen LogP contribution is 2.60. The molecular formula is C19H27NO3S2. The van der Waals surface area contributed by atoms with Gasteiger partial charge in [-0.1, -0.05) is 31.6 Å². The van der Waals surface area contributed by atoms with E-state index in [1.807, 2.05) is 22.4 Å². The molecule has 0 bridgehead atoms. The van der Waals surface area contributed by atoms with Crippen LogP contribution in [0.2, 0.25) is 0 Å². The summed E-state index contributed by atoms with van der Waals surface area (Å²) >= 11 is 1.62. The molecule has 3 atom stereocenters. The van der Waals surface area contributed by atoms with Crippen molar-refractivity contribution in [1.82, 2.24) is 4.90 Å². The smallest absolute Gasteiger partial charge is 0.227 e. The van der Waals surface area contributed by atoms with Crippen molar-refractivity contribution in [1.29, 1.82) is 0 Å². The van der Waals surface area contributed by atoms with Crippen molar-refractivity contribution in [3.8, 4) is 0 Å². The van der Waals surface area contributed by atoms with Gasteiger partial charge in [0, 0.05) is 10.9 Å². The van der Waals surface area contributed by atoms with Crippen LogP contribution in [-0.2, 0) is 21.2 Å². The quantitative estimate of drug-likeness (QED) is 0.734. The lowest BCUT2D eigenvalue weighted by Crippen LogP contribution is -2.42. The number of hydrogen-bond acceptors (Lipinski definition) is 4. The Balaban J connectivity index is 1.84. The van der Waals surface area contributed by atoms with Crippen LogP contribution in [0, 0.1) is 17.3 Å². The van der Waals surface area contributed by atoms with Gasteiger partial charge in [0.2, 0.25) is 5.91 Å². The first-order valence-corrected chi connectivity index (χ1v) is 11.5. The molecule has 4 nitrogen and oxygen atoms in total. The van der Waals surface area contributed by atoms with Gasteiger partial charge in [0.25, 0.3) is 0 Å². The molecule has 0 spiro atoms. The topological polar surface area (TPSA) is 54.5 Å². The molecule has 1 saturated carbocycles. The first kappa shape index (κ1) is 18.6. The predicted molar refractivity (Wildman–Crippen MR) is 102 cm³/mol. The molecule has 6 heteroatoms. The fourth-order valence-corrected chi connectivity index (χ4v) is 6.41. The van der Waals surface area contributed by atoms with Crippen molar-refractivity contribution in [3.05, 3.63) is 34.0 Å². The summed E-state index contributed by atoms with van der Waals surface area (Å²) in [4.78, 5) is 16.3. The molecule has 0 radical (unpaired) electrons. The average Bonchev–Trinajstić information content (AvgIpc) is 2.93. The van der Waals surface area contributed by atoms with Gasteiger partial charge >= 0.3 is 0 Å². The minimum Gasteiger partial charge on any atom is -0.333 e. The molecular weight excluding hydrogens is 354 g/mol. The van der Waals surface area contributed by atoms with Crippen LogP contribution < -0.4 is 0 Å². The third-order valence-corrected chi connectivity index (χ3v) is 8.14. The normalized spacial score (nSPS) is 29.2. The first-order valence-electron chi connectivity index (χ1n) is 8.80. The molecule has 0 unspecified atom stereocenters. The van der Waals surface area contributed by atoms with Gasteiger partial charge in [0.1, 0.15) is 0 Å². The van der Waals surface area contributed by atoms with E-state index in [1.165, 1.54) is 5.57 Å². The van der Waals surface area contributed by atoms with Crippen molar-refractivity contribution in [2.75, 3.05) is 11.5 Å². The third kappa shape index (κ3) is 3.85. The van der Waals surface area contributed by atoms with Gasteiger partial charge in [0.15, 0.2) is 9.84 Å². The Morgan fingerprint density at radius 3 is 2.64 bits per heavy atom. The van der Waals surface area contributed by atoms with Crippen molar-refractivity contribution < 1.29 is 13.2 Å². The van der Waals surface area contributed by atoms with Crippen LogP contribution in [0.1, 0.15) is 39.0 Å². The van der Waals surface area contributed by atoms with Crippen molar-refractivity contribution in [2.24, 2.45) is 17.3 Å². The SMILES string of the molecule is CC(C)=C[C@H]1[C@H](C(=O)N(Cc2cccs2)[C@@H]2CCS(=O)(=O)C2)C1(C)C. The van der Waals surface area contributed by atoms with Crippen LogP contribution in [-0.4, -0.2) is 36.8 Å². The molecule has 1 aliphatic carbocycles. The maximum absolute atomic E-state index is 13.3. The summed E-state index contributed by atoms with van der Waals surface area (Å²) in [5, 5.41) is 2.00. The van der Waals surface area contributed by atoms with E-state index >= 15 is 0 Å². The van der Waals surface area contributed by atoms with Crippen LogP contribution in [0.25, 0.3) is 0 Å². The molecule has 2 fully saturated rings. The number of amides is 1. The van der Waals surface area contributed by atoms with Crippen LogP contribution in [0.15, 0.2) is 29.2 Å². The van der Waals surface area contributed by atoms with E-state index in [2.05, 4.69) is 33.8 Å². The summed E-state index contributed by atoms with van der Waals surface area (Å²) in [6, 6.07) is 3.80. The molecule has 0 N–H and O–H groups in total. The zero-order valence-corrected chi connectivity index (χ0v) is 17.0. The van der Waals surface area contributed by atoms with E-state index in [-0.39, 0.29) is 40.7 Å². The Morgan fingerprint density at radius 1 is 1.40 bits per heavy atom. The minimum atomic E-state index is -3.02. The van der Waals surface area contributed by atoms with Gasteiger partial charge in [-0.05, 0) is 43.0 Å². The Morgan fingerprint density at radius 2 is 2.12 bits per heavy atom. The van der Waals surface area contributed by atoms with Crippen LogP contribution in [0.3, 0.4) is 0 Å². The predicted octanol–water partition coefficient (Wildman–Crippen LogP) is 3.50. The van der Waals surface area contributed by atoms with Crippen molar-refractivity contribution in [3.63, 3.8) is 0 Å². The number of nitrogens with zero attached hydrogens (tertiary/aromatic N) is 1. The van der Waals surface area contributed by atoms with Crippen LogP contribution in [0.4, 0.5) is 0 Å². The first-order chi connectivity index (χ1) is 11.6. The van der Waals surface area contributed by atoms with Gasteiger partial charge < -0.3 is 4.90 Å². The Bertz CT molecular complexity index is 774. The second-order valence-corrected chi connectivity index (χ2v) is 11.4. The third-order valence-electron chi connectivity index (χ3n) is 5.53. The molecule has 1 aliphatic heterocycles. The molecule has 1 amide bonds. The molecule has 0 aromatic carbocycles. The number of hydrogen-bond donors (Lipinski definition) is 0. The van der Waals surface area contributed by atoms with E-state index in [0.29, 0.717) is 13.0 Å². The molecule has 25 heavy (non-hydrogen) atoms. The lowest BCUT2D eigenvalue weighted by molar-refractivity contribution is -0.136. The molecule has 138 valence electrons. The van der Waals surface area contributed by atoms with Gasteiger partial charge in [-0.25, -0.2) is 8.42 Å². The number of rotatable bonds is 5. The van der Waals surface area contributed by atoms with Gasteiger partial charge in [-0.2, -0.15) is 0 Å². The van der Waals surface area contributed by atoms with E-state index in [0.717, 1.165) is 4.88 Å². The molecule has 3 rings (SSSR count). The zero-order chi connectivity index (χ0) is 18.4. The Hall–Kier alpha value is -1.14. The van der Waals surface area contributed by atoms with Crippen molar-refractivity contribution in [2.45, 2.75) is 46.7 Å². The lowest BCUT2D eigenvalue weighted by atomic mass is 10.1. The Labute approximate surface area is 154 Å². The monoisotopic (exact) mass is 381 g/mol. The number of sulfone groups is 1. The van der Waals surface area contributed by atoms with Gasteiger partial charge in [0.05, 0.1) is 24.0 Å². The molecule has 2 aliphatic rings. The van der Waals surface area contributed by atoms with Gasteiger partial charge in [-0.15, -0.1) is 11.3 Å². The molecule has 1 aromatic heterocycles. The van der Waals surface area contributed by atoms with Crippen molar-refractivity contribution >= 4 is 27.1 Å². The van der Waals surface area contributed by atoms with E-state index < -0.39 is 9.84 Å². The maximum atomic E-state index is 13.3. The van der Waals surface area contributed by atoms with E-state index in [9.17, 15) is 13.2 Å². The summed E-state index contributed by atoms with van der Waals surface area (Å²) in [5.74, 6) is 0.601. The maximum Gasteiger partial charge on any atom is 0.227 e. The number of carbonyl (C=O) groups excluding carboxylic acids is 1. The highest BCUT2D eigenvalue weighted by Gasteiger charge is 2.61. The Kier molecular flexibility index (Phi) is 4.88. The highest BCUT2D eigenvalue weighted by molar-refractivity contribution is 7.91. The fraction of sp³-hybridized carbons (Fsp3) is 0.632. The number of carbonyl (C=O) groups is 1. The lowest BCUT2D eigenvalue weighted by Gasteiger charge is -2.28. The summed E-state index contributed by atoms with van der Waals surface area (Å²) in [7, 11) is -3.02. The van der Waals surface area contributed by atoms with Gasteiger partial charge in [-0.3, -0.25) is 4.79 Å².